The summed E-state index contributed by atoms with van der Waals surface area (Å²) in [5.74, 6) is 0.474. The van der Waals surface area contributed by atoms with Crippen molar-refractivity contribution in [1.82, 2.24) is 0 Å². The van der Waals surface area contributed by atoms with Gasteiger partial charge in [0.1, 0.15) is 5.75 Å². The minimum absolute atomic E-state index is 0.0975. The minimum atomic E-state index is -3.73. The van der Waals surface area contributed by atoms with Gasteiger partial charge >= 0.3 is 0 Å². The molecule has 0 amide bonds. The fourth-order valence-corrected chi connectivity index (χ4v) is 2.99. The van der Waals surface area contributed by atoms with Gasteiger partial charge in [0, 0.05) is 0 Å². The third-order valence-electron chi connectivity index (χ3n) is 2.82. The van der Waals surface area contributed by atoms with E-state index >= 15 is 0 Å². The van der Waals surface area contributed by atoms with Crippen molar-refractivity contribution in [3.63, 3.8) is 0 Å². The first kappa shape index (κ1) is 15.3. The van der Waals surface area contributed by atoms with Crippen LogP contribution in [0, 0.1) is 0 Å². The first-order chi connectivity index (χ1) is 10.1. The molecule has 5 nitrogen and oxygen atoms in total. The van der Waals surface area contributed by atoms with Crippen LogP contribution in [0.1, 0.15) is 12.5 Å². The normalized spacial score (nSPS) is 11.1. The van der Waals surface area contributed by atoms with Crippen molar-refractivity contribution in [1.29, 1.82) is 0 Å². The van der Waals surface area contributed by atoms with Gasteiger partial charge in [0.05, 0.1) is 23.8 Å². The number of para-hydroxylation sites is 2. The molecule has 0 radical (unpaired) electrons. The second-order valence-electron chi connectivity index (χ2n) is 4.34. The van der Waals surface area contributed by atoms with Crippen molar-refractivity contribution in [3.8, 4) is 5.75 Å². The van der Waals surface area contributed by atoms with Gasteiger partial charge < -0.3 is 9.84 Å². The van der Waals surface area contributed by atoms with Crippen molar-refractivity contribution in [2.24, 2.45) is 0 Å². The Morgan fingerprint density at radius 2 is 1.90 bits per heavy atom. The van der Waals surface area contributed by atoms with E-state index in [1.165, 1.54) is 12.1 Å². The molecule has 6 heteroatoms. The van der Waals surface area contributed by atoms with Crippen LogP contribution in [-0.4, -0.2) is 20.1 Å². The summed E-state index contributed by atoms with van der Waals surface area (Å²) in [4.78, 5) is 0.0975. The summed E-state index contributed by atoms with van der Waals surface area (Å²) in [6.45, 7) is 2.06. The fraction of sp³-hybridized carbons (Fsp3) is 0.200. The Bertz CT molecular complexity index is 713. The fourth-order valence-electron chi connectivity index (χ4n) is 1.85. The molecule has 2 aromatic rings. The van der Waals surface area contributed by atoms with Gasteiger partial charge in [0.25, 0.3) is 10.0 Å². The van der Waals surface area contributed by atoms with Crippen LogP contribution in [0.3, 0.4) is 0 Å². The summed E-state index contributed by atoms with van der Waals surface area (Å²) in [5, 5.41) is 9.10. The van der Waals surface area contributed by atoms with Crippen molar-refractivity contribution < 1.29 is 18.3 Å². The highest BCUT2D eigenvalue weighted by atomic mass is 32.2. The third kappa shape index (κ3) is 3.74. The van der Waals surface area contributed by atoms with Crippen LogP contribution in [-0.2, 0) is 16.6 Å². The lowest BCUT2D eigenvalue weighted by Crippen LogP contribution is -2.14. The number of benzene rings is 2. The zero-order valence-electron chi connectivity index (χ0n) is 11.6. The average molecular weight is 307 g/mol. The van der Waals surface area contributed by atoms with Gasteiger partial charge in [0.15, 0.2) is 0 Å². The van der Waals surface area contributed by atoms with Gasteiger partial charge in [-0.2, -0.15) is 0 Å². The molecule has 2 N–H and O–H groups in total. The summed E-state index contributed by atoms with van der Waals surface area (Å²) in [6.07, 6.45) is 0. The Hall–Kier alpha value is -2.05. The van der Waals surface area contributed by atoms with Gasteiger partial charge in [-0.1, -0.05) is 24.3 Å². The minimum Gasteiger partial charge on any atom is -0.492 e. The maximum atomic E-state index is 12.4. The highest BCUT2D eigenvalue weighted by Gasteiger charge is 2.16. The van der Waals surface area contributed by atoms with Crippen molar-refractivity contribution in [2.75, 3.05) is 11.3 Å². The first-order valence-electron chi connectivity index (χ1n) is 6.51. The van der Waals surface area contributed by atoms with E-state index < -0.39 is 10.0 Å². The number of hydrogen-bond acceptors (Lipinski definition) is 4. The maximum absolute atomic E-state index is 12.4. The van der Waals surface area contributed by atoms with Gasteiger partial charge in [-0.25, -0.2) is 8.42 Å². The molecule has 0 aliphatic rings. The van der Waals surface area contributed by atoms with E-state index in [4.69, 9.17) is 9.84 Å². The highest BCUT2D eigenvalue weighted by Crippen LogP contribution is 2.26. The molecule has 0 saturated carbocycles. The number of rotatable bonds is 6. The predicted molar refractivity (Wildman–Crippen MR) is 80.8 cm³/mol. The number of nitrogens with one attached hydrogen (secondary N) is 1. The van der Waals surface area contributed by atoms with Gasteiger partial charge in [0.2, 0.25) is 0 Å². The zero-order valence-corrected chi connectivity index (χ0v) is 12.4. The van der Waals surface area contributed by atoms with Crippen LogP contribution >= 0.6 is 0 Å². The topological polar surface area (TPSA) is 75.6 Å². The van der Waals surface area contributed by atoms with E-state index in [0.717, 1.165) is 0 Å². The molecule has 21 heavy (non-hydrogen) atoms. The largest absolute Gasteiger partial charge is 0.492 e. The SMILES string of the molecule is CCOc1ccccc1NS(=O)(=O)c1cccc(CO)c1. The smallest absolute Gasteiger partial charge is 0.262 e. The molecule has 0 atom stereocenters. The van der Waals surface area contributed by atoms with Crippen molar-refractivity contribution >= 4 is 15.7 Å². The van der Waals surface area contributed by atoms with Crippen LogP contribution in [0.15, 0.2) is 53.4 Å². The van der Waals surface area contributed by atoms with Crippen molar-refractivity contribution in [3.05, 3.63) is 54.1 Å². The zero-order chi connectivity index (χ0) is 15.3. The van der Waals surface area contributed by atoms with Gasteiger partial charge in [-0.3, -0.25) is 4.72 Å². The monoisotopic (exact) mass is 307 g/mol. The maximum Gasteiger partial charge on any atom is 0.262 e. The lowest BCUT2D eigenvalue weighted by atomic mass is 10.2. The Labute approximate surface area is 124 Å². The lowest BCUT2D eigenvalue weighted by Gasteiger charge is -2.13. The van der Waals surface area contributed by atoms with Crippen molar-refractivity contribution in [2.45, 2.75) is 18.4 Å². The first-order valence-corrected chi connectivity index (χ1v) is 7.99. The van der Waals surface area contributed by atoms with E-state index in [1.54, 1.807) is 36.4 Å². The summed E-state index contributed by atoms with van der Waals surface area (Å²) in [6, 6.07) is 13.0. The Balaban J connectivity index is 2.33. The van der Waals surface area contributed by atoms with Gasteiger partial charge in [-0.05, 0) is 36.8 Å². The Kier molecular flexibility index (Phi) is 4.82. The lowest BCUT2D eigenvalue weighted by molar-refractivity contribution is 0.281. The van der Waals surface area contributed by atoms with E-state index in [0.29, 0.717) is 23.6 Å². The molecule has 0 unspecified atom stereocenters. The van der Waals surface area contributed by atoms with Crippen LogP contribution in [0.2, 0.25) is 0 Å². The number of hydrogen-bond donors (Lipinski definition) is 2. The molecular weight excluding hydrogens is 290 g/mol. The molecule has 2 aromatic carbocycles. The molecule has 0 aliphatic heterocycles. The summed E-state index contributed by atoms with van der Waals surface area (Å²) in [7, 11) is -3.73. The molecule has 0 saturated heterocycles. The quantitative estimate of drug-likeness (QED) is 0.859. The number of sulfonamides is 1. The molecule has 0 heterocycles. The van der Waals surface area contributed by atoms with Crippen LogP contribution in [0.25, 0.3) is 0 Å². The Morgan fingerprint density at radius 3 is 2.62 bits per heavy atom. The van der Waals surface area contributed by atoms with E-state index in [2.05, 4.69) is 4.72 Å². The van der Waals surface area contributed by atoms with Crippen LogP contribution in [0.4, 0.5) is 5.69 Å². The van der Waals surface area contributed by atoms with E-state index in [-0.39, 0.29) is 11.5 Å². The molecule has 2 rings (SSSR count). The Morgan fingerprint density at radius 1 is 1.14 bits per heavy atom. The molecular formula is C15H17NO4S. The predicted octanol–water partition coefficient (Wildman–Crippen LogP) is 2.38. The summed E-state index contributed by atoms with van der Waals surface area (Å²) in [5.41, 5.74) is 0.921. The highest BCUT2D eigenvalue weighted by molar-refractivity contribution is 7.92. The summed E-state index contributed by atoms with van der Waals surface area (Å²) >= 11 is 0. The number of aliphatic hydroxyl groups is 1. The molecule has 112 valence electrons. The van der Waals surface area contributed by atoms with Crippen LogP contribution < -0.4 is 9.46 Å². The molecule has 0 bridgehead atoms. The average Bonchev–Trinajstić information content (AvgIpc) is 2.49. The van der Waals surface area contributed by atoms with E-state index in [1.807, 2.05) is 6.92 Å². The molecule has 0 spiro atoms. The second-order valence-corrected chi connectivity index (χ2v) is 6.02. The summed E-state index contributed by atoms with van der Waals surface area (Å²) < 4.78 is 32.7. The standard InChI is InChI=1S/C15H17NO4S/c1-2-20-15-9-4-3-8-14(15)16-21(18,19)13-7-5-6-12(10-13)11-17/h3-10,16-17H,2,11H2,1H3. The molecule has 0 aliphatic carbocycles. The number of anilines is 1. The molecule has 0 aromatic heterocycles. The number of ether oxygens (including phenoxy) is 1. The second kappa shape index (κ2) is 6.60. The third-order valence-corrected chi connectivity index (χ3v) is 4.19. The van der Waals surface area contributed by atoms with Crippen LogP contribution in [0.5, 0.6) is 5.75 Å². The molecule has 0 fully saturated rings. The van der Waals surface area contributed by atoms with Gasteiger partial charge in [-0.15, -0.1) is 0 Å². The van der Waals surface area contributed by atoms with E-state index in [9.17, 15) is 8.42 Å². The number of aliphatic hydroxyl groups excluding tert-OH is 1.